The molecule has 0 spiro atoms. The number of thiophene rings is 1. The molecule has 0 aliphatic rings. The Morgan fingerprint density at radius 2 is 2.05 bits per heavy atom. The molecule has 0 aliphatic carbocycles. The average Bonchev–Trinajstić information content (AvgIpc) is 2.80. The van der Waals surface area contributed by atoms with Gasteiger partial charge >= 0.3 is 5.97 Å². The third-order valence-electron chi connectivity index (χ3n) is 2.30. The Morgan fingerprint density at radius 1 is 1.32 bits per heavy atom. The maximum atomic E-state index is 13.6. The lowest BCUT2D eigenvalue weighted by molar-refractivity contribution is 0.0703. The van der Waals surface area contributed by atoms with E-state index in [4.69, 9.17) is 16.7 Å². The quantitative estimate of drug-likeness (QED) is 0.911. The monoisotopic (exact) mass is 299 g/mol. The van der Waals surface area contributed by atoms with Crippen molar-refractivity contribution in [2.24, 2.45) is 0 Å². The molecule has 0 aliphatic heterocycles. The fourth-order valence-corrected chi connectivity index (χ4v) is 2.30. The van der Waals surface area contributed by atoms with E-state index in [0.717, 1.165) is 11.3 Å². The Kier molecular flexibility index (Phi) is 3.82. The summed E-state index contributed by atoms with van der Waals surface area (Å²) in [5, 5.41) is 12.6. The lowest BCUT2D eigenvalue weighted by atomic mass is 10.2. The molecule has 2 rings (SSSR count). The van der Waals surface area contributed by atoms with Gasteiger partial charge in [-0.15, -0.1) is 11.3 Å². The molecule has 0 saturated heterocycles. The van der Waals surface area contributed by atoms with E-state index in [1.165, 1.54) is 29.6 Å². The SMILES string of the molecule is O=C(Nc1ccsc1C(=O)O)c1cccc(Cl)c1F. The number of amides is 1. The molecule has 1 aromatic heterocycles. The summed E-state index contributed by atoms with van der Waals surface area (Å²) >= 11 is 6.54. The Bertz CT molecular complexity index is 656. The van der Waals surface area contributed by atoms with Crippen molar-refractivity contribution in [3.8, 4) is 0 Å². The van der Waals surface area contributed by atoms with Gasteiger partial charge in [-0.05, 0) is 23.6 Å². The highest BCUT2D eigenvalue weighted by atomic mass is 35.5. The summed E-state index contributed by atoms with van der Waals surface area (Å²) in [4.78, 5) is 22.7. The Labute approximate surface area is 116 Å². The van der Waals surface area contributed by atoms with Crippen LogP contribution in [0.2, 0.25) is 5.02 Å². The number of aromatic carboxylic acids is 1. The summed E-state index contributed by atoms with van der Waals surface area (Å²) < 4.78 is 13.6. The second-order valence-corrected chi connectivity index (χ2v) is 4.85. The molecule has 0 atom stereocenters. The van der Waals surface area contributed by atoms with Crippen LogP contribution in [0.5, 0.6) is 0 Å². The number of benzene rings is 1. The number of hydrogen-bond acceptors (Lipinski definition) is 3. The number of rotatable bonds is 3. The van der Waals surface area contributed by atoms with Crippen LogP contribution in [-0.2, 0) is 0 Å². The molecule has 0 saturated carbocycles. The first-order valence-corrected chi connectivity index (χ1v) is 6.32. The summed E-state index contributed by atoms with van der Waals surface area (Å²) in [6.45, 7) is 0. The zero-order valence-electron chi connectivity index (χ0n) is 9.31. The van der Waals surface area contributed by atoms with Crippen molar-refractivity contribution in [1.82, 2.24) is 0 Å². The van der Waals surface area contributed by atoms with E-state index < -0.39 is 17.7 Å². The van der Waals surface area contributed by atoms with Crippen molar-refractivity contribution >= 4 is 40.5 Å². The van der Waals surface area contributed by atoms with Crippen LogP contribution in [0.15, 0.2) is 29.6 Å². The molecule has 0 bridgehead atoms. The van der Waals surface area contributed by atoms with Crippen molar-refractivity contribution in [1.29, 1.82) is 0 Å². The zero-order chi connectivity index (χ0) is 14.0. The highest BCUT2D eigenvalue weighted by Crippen LogP contribution is 2.24. The standard InChI is InChI=1S/C12H7ClFNO3S/c13-7-3-1-2-6(9(7)14)11(16)15-8-4-5-19-10(8)12(17)18/h1-5H,(H,15,16)(H,17,18). The average molecular weight is 300 g/mol. The van der Waals surface area contributed by atoms with E-state index >= 15 is 0 Å². The first-order chi connectivity index (χ1) is 9.00. The first-order valence-electron chi connectivity index (χ1n) is 5.07. The van der Waals surface area contributed by atoms with E-state index in [1.54, 1.807) is 0 Å². The highest BCUT2D eigenvalue weighted by molar-refractivity contribution is 7.12. The van der Waals surface area contributed by atoms with Crippen LogP contribution in [0.4, 0.5) is 10.1 Å². The molecule has 1 aromatic carbocycles. The minimum absolute atomic E-state index is 0.0178. The number of carboxylic acids is 1. The molecule has 0 fully saturated rings. The molecule has 2 aromatic rings. The topological polar surface area (TPSA) is 66.4 Å². The van der Waals surface area contributed by atoms with Gasteiger partial charge in [0.15, 0.2) is 5.82 Å². The van der Waals surface area contributed by atoms with Crippen molar-refractivity contribution in [2.75, 3.05) is 5.32 Å². The largest absolute Gasteiger partial charge is 0.477 e. The first kappa shape index (κ1) is 13.5. The van der Waals surface area contributed by atoms with Crippen LogP contribution in [0.3, 0.4) is 0 Å². The van der Waals surface area contributed by atoms with Gasteiger partial charge < -0.3 is 10.4 Å². The number of anilines is 1. The molecular formula is C12H7ClFNO3S. The number of carboxylic acid groups (broad SMARTS) is 1. The third kappa shape index (κ3) is 2.74. The zero-order valence-corrected chi connectivity index (χ0v) is 10.9. The van der Waals surface area contributed by atoms with Gasteiger partial charge in [-0.3, -0.25) is 4.79 Å². The van der Waals surface area contributed by atoms with Gasteiger partial charge in [-0.25, -0.2) is 9.18 Å². The molecule has 1 heterocycles. The smallest absolute Gasteiger partial charge is 0.348 e. The maximum absolute atomic E-state index is 13.6. The van der Waals surface area contributed by atoms with Gasteiger partial charge in [0.25, 0.3) is 5.91 Å². The van der Waals surface area contributed by atoms with Gasteiger partial charge in [-0.1, -0.05) is 17.7 Å². The van der Waals surface area contributed by atoms with Crippen LogP contribution in [0.1, 0.15) is 20.0 Å². The molecule has 7 heteroatoms. The lowest BCUT2D eigenvalue weighted by Gasteiger charge is -2.06. The van der Waals surface area contributed by atoms with E-state index in [0.29, 0.717) is 0 Å². The van der Waals surface area contributed by atoms with Crippen molar-refractivity contribution in [3.05, 3.63) is 50.9 Å². The summed E-state index contributed by atoms with van der Waals surface area (Å²) in [6, 6.07) is 5.46. The highest BCUT2D eigenvalue weighted by Gasteiger charge is 2.18. The van der Waals surface area contributed by atoms with Gasteiger partial charge in [0, 0.05) is 0 Å². The molecule has 0 radical (unpaired) electrons. The lowest BCUT2D eigenvalue weighted by Crippen LogP contribution is -2.15. The van der Waals surface area contributed by atoms with Crippen LogP contribution in [0, 0.1) is 5.82 Å². The van der Waals surface area contributed by atoms with Gasteiger partial charge in [0.05, 0.1) is 16.3 Å². The minimum atomic E-state index is -1.16. The Hall–Kier alpha value is -1.92. The second kappa shape index (κ2) is 5.38. The number of hydrogen-bond donors (Lipinski definition) is 2. The second-order valence-electron chi connectivity index (χ2n) is 3.52. The number of halogens is 2. The van der Waals surface area contributed by atoms with Crippen LogP contribution >= 0.6 is 22.9 Å². The van der Waals surface area contributed by atoms with Gasteiger partial charge in [0.2, 0.25) is 0 Å². The van der Waals surface area contributed by atoms with E-state index in [9.17, 15) is 14.0 Å². The predicted molar refractivity (Wildman–Crippen MR) is 70.6 cm³/mol. The number of carbonyl (C=O) groups is 2. The van der Waals surface area contributed by atoms with Crippen LogP contribution in [-0.4, -0.2) is 17.0 Å². The van der Waals surface area contributed by atoms with E-state index in [1.807, 2.05) is 0 Å². The van der Waals surface area contributed by atoms with E-state index in [-0.39, 0.29) is 21.2 Å². The molecule has 4 nitrogen and oxygen atoms in total. The predicted octanol–water partition coefficient (Wildman–Crippen LogP) is 3.49. The molecule has 0 unspecified atom stereocenters. The summed E-state index contributed by atoms with van der Waals surface area (Å²) in [6.07, 6.45) is 0. The van der Waals surface area contributed by atoms with Crippen molar-refractivity contribution < 1.29 is 19.1 Å². The van der Waals surface area contributed by atoms with Crippen molar-refractivity contribution in [2.45, 2.75) is 0 Å². The number of nitrogens with one attached hydrogen (secondary N) is 1. The van der Waals surface area contributed by atoms with Crippen LogP contribution in [0.25, 0.3) is 0 Å². The normalized spacial score (nSPS) is 10.2. The Balaban J connectivity index is 2.29. The fraction of sp³-hybridized carbons (Fsp3) is 0. The summed E-state index contributed by atoms with van der Waals surface area (Å²) in [5.41, 5.74) is -0.114. The van der Waals surface area contributed by atoms with Crippen molar-refractivity contribution in [3.63, 3.8) is 0 Å². The fourth-order valence-electron chi connectivity index (χ4n) is 1.44. The molecule has 2 N–H and O–H groups in total. The third-order valence-corrected chi connectivity index (χ3v) is 3.50. The molecular weight excluding hydrogens is 293 g/mol. The van der Waals surface area contributed by atoms with Crippen LogP contribution < -0.4 is 5.32 Å². The van der Waals surface area contributed by atoms with Gasteiger partial charge in [0.1, 0.15) is 4.88 Å². The maximum Gasteiger partial charge on any atom is 0.348 e. The molecule has 98 valence electrons. The minimum Gasteiger partial charge on any atom is -0.477 e. The van der Waals surface area contributed by atoms with Gasteiger partial charge in [-0.2, -0.15) is 0 Å². The number of carbonyl (C=O) groups excluding carboxylic acids is 1. The van der Waals surface area contributed by atoms with E-state index in [2.05, 4.69) is 5.32 Å². The summed E-state index contributed by atoms with van der Waals surface area (Å²) in [7, 11) is 0. The molecule has 1 amide bonds. The summed E-state index contributed by atoms with van der Waals surface area (Å²) in [5.74, 6) is -2.74. The molecule has 19 heavy (non-hydrogen) atoms. The Morgan fingerprint density at radius 3 is 2.74 bits per heavy atom.